The van der Waals surface area contributed by atoms with Gasteiger partial charge in [0.2, 0.25) is 0 Å². The first-order chi connectivity index (χ1) is 10.8. The average Bonchev–Trinajstić information content (AvgIpc) is 2.71. The van der Waals surface area contributed by atoms with Gasteiger partial charge in [0.15, 0.2) is 6.17 Å². The molecule has 0 radical (unpaired) electrons. The third kappa shape index (κ3) is 3.93. The molecule has 2 aromatic rings. The number of quaternary nitrogens is 1. The van der Waals surface area contributed by atoms with E-state index in [1.165, 1.54) is 11.1 Å². The number of halogens is 1. The number of rotatable bonds is 4. The number of alkyl halides is 1. The first kappa shape index (κ1) is 15.2. The molecule has 22 heavy (non-hydrogen) atoms. The summed E-state index contributed by atoms with van der Waals surface area (Å²) in [6.07, 6.45) is -0.782. The molecular formula is C19H24FN2+. The summed E-state index contributed by atoms with van der Waals surface area (Å²) in [6.45, 7) is 4.67. The van der Waals surface area contributed by atoms with Gasteiger partial charge in [-0.25, -0.2) is 4.39 Å². The Balaban J connectivity index is 1.86. The molecule has 1 aliphatic heterocycles. The molecule has 0 bridgehead atoms. The number of nitrogens with zero attached hydrogens (tertiary/aromatic N) is 1. The molecule has 1 aliphatic rings. The molecule has 0 spiro atoms. The SMILES string of the molecule is FC1CNCC[N+](Cc2ccccc2)(Cc2ccccc2)C1. The fourth-order valence-corrected chi connectivity index (χ4v) is 3.44. The van der Waals surface area contributed by atoms with Crippen molar-refractivity contribution < 1.29 is 8.87 Å². The molecule has 0 amide bonds. The maximum absolute atomic E-state index is 14.3. The van der Waals surface area contributed by atoms with Crippen LogP contribution in [-0.2, 0) is 13.1 Å². The van der Waals surface area contributed by atoms with Gasteiger partial charge in [0.05, 0.1) is 6.54 Å². The van der Waals surface area contributed by atoms with Crippen LogP contribution in [0.1, 0.15) is 11.1 Å². The van der Waals surface area contributed by atoms with Gasteiger partial charge in [0.25, 0.3) is 0 Å². The predicted molar refractivity (Wildman–Crippen MR) is 88.1 cm³/mol. The molecule has 1 saturated heterocycles. The van der Waals surface area contributed by atoms with Gasteiger partial charge in [0, 0.05) is 24.2 Å². The Morgan fingerprint density at radius 2 is 1.45 bits per heavy atom. The van der Waals surface area contributed by atoms with Gasteiger partial charge in [-0.3, -0.25) is 0 Å². The molecule has 3 heteroatoms. The van der Waals surface area contributed by atoms with Gasteiger partial charge in [-0.05, 0) is 0 Å². The second-order valence-corrected chi connectivity index (χ2v) is 6.34. The van der Waals surface area contributed by atoms with E-state index in [4.69, 9.17) is 0 Å². The van der Waals surface area contributed by atoms with Crippen molar-refractivity contribution in [3.8, 4) is 0 Å². The van der Waals surface area contributed by atoms with Crippen LogP contribution in [-0.4, -0.2) is 36.8 Å². The Hall–Kier alpha value is -1.71. The normalized spacial score (nSPS) is 21.2. The molecular weight excluding hydrogens is 275 g/mol. The van der Waals surface area contributed by atoms with Gasteiger partial charge < -0.3 is 9.80 Å². The highest BCUT2D eigenvalue weighted by atomic mass is 19.1. The van der Waals surface area contributed by atoms with Crippen molar-refractivity contribution in [1.29, 1.82) is 0 Å². The summed E-state index contributed by atoms with van der Waals surface area (Å²) in [5, 5.41) is 3.23. The smallest absolute Gasteiger partial charge is 0.161 e. The summed E-state index contributed by atoms with van der Waals surface area (Å²) in [7, 11) is 0. The van der Waals surface area contributed by atoms with Crippen LogP contribution in [0.25, 0.3) is 0 Å². The van der Waals surface area contributed by atoms with Crippen molar-refractivity contribution in [2.75, 3.05) is 26.2 Å². The summed E-state index contributed by atoms with van der Waals surface area (Å²) in [5.74, 6) is 0. The summed E-state index contributed by atoms with van der Waals surface area (Å²) in [4.78, 5) is 0. The van der Waals surface area contributed by atoms with Crippen molar-refractivity contribution in [3.05, 3.63) is 71.8 Å². The molecule has 116 valence electrons. The Bertz CT molecular complexity index is 529. The van der Waals surface area contributed by atoms with Gasteiger partial charge in [-0.15, -0.1) is 0 Å². The van der Waals surface area contributed by atoms with Crippen LogP contribution >= 0.6 is 0 Å². The first-order valence-electron chi connectivity index (χ1n) is 8.04. The molecule has 0 saturated carbocycles. The minimum absolute atomic E-state index is 0.476. The topological polar surface area (TPSA) is 12.0 Å². The molecule has 0 aliphatic carbocycles. The van der Waals surface area contributed by atoms with Crippen molar-refractivity contribution in [2.24, 2.45) is 0 Å². The summed E-state index contributed by atoms with van der Waals surface area (Å²) in [5.41, 5.74) is 2.57. The molecule has 1 atom stereocenters. The highest BCUT2D eigenvalue weighted by Gasteiger charge is 2.33. The second kappa shape index (κ2) is 7.03. The third-order valence-electron chi connectivity index (χ3n) is 4.44. The van der Waals surface area contributed by atoms with Crippen molar-refractivity contribution >= 4 is 0 Å². The lowest BCUT2D eigenvalue weighted by molar-refractivity contribution is -0.953. The van der Waals surface area contributed by atoms with E-state index in [0.29, 0.717) is 13.1 Å². The van der Waals surface area contributed by atoms with Crippen molar-refractivity contribution in [2.45, 2.75) is 19.3 Å². The van der Waals surface area contributed by atoms with Gasteiger partial charge in [-0.2, -0.15) is 0 Å². The Kier molecular flexibility index (Phi) is 4.86. The fourth-order valence-electron chi connectivity index (χ4n) is 3.44. The van der Waals surface area contributed by atoms with Crippen molar-refractivity contribution in [1.82, 2.24) is 5.32 Å². The van der Waals surface area contributed by atoms with Gasteiger partial charge >= 0.3 is 0 Å². The van der Waals surface area contributed by atoms with E-state index in [-0.39, 0.29) is 0 Å². The standard InChI is InChI=1S/C19H24FN2/c20-19-13-21-11-12-22(16-19,14-17-7-3-1-4-8-17)15-18-9-5-2-6-10-18/h1-10,19,21H,11-16H2/q+1. The van der Waals surface area contributed by atoms with E-state index in [1.807, 2.05) is 12.1 Å². The van der Waals surface area contributed by atoms with Crippen LogP contribution in [0.3, 0.4) is 0 Å². The lowest BCUT2D eigenvalue weighted by Crippen LogP contribution is -2.50. The molecule has 2 nitrogen and oxygen atoms in total. The Labute approximate surface area is 132 Å². The largest absolute Gasteiger partial charge is 0.313 e. The monoisotopic (exact) mass is 299 g/mol. The number of hydrogen-bond donors (Lipinski definition) is 1. The number of benzene rings is 2. The zero-order chi connectivity index (χ0) is 15.3. The Morgan fingerprint density at radius 3 is 2.00 bits per heavy atom. The van der Waals surface area contributed by atoms with Gasteiger partial charge in [-0.1, -0.05) is 60.7 Å². The van der Waals surface area contributed by atoms with Crippen LogP contribution < -0.4 is 5.32 Å². The zero-order valence-corrected chi connectivity index (χ0v) is 12.9. The second-order valence-electron chi connectivity index (χ2n) is 6.34. The third-order valence-corrected chi connectivity index (χ3v) is 4.44. The van der Waals surface area contributed by atoms with E-state index >= 15 is 0 Å². The summed E-state index contributed by atoms with van der Waals surface area (Å²) in [6, 6.07) is 20.9. The summed E-state index contributed by atoms with van der Waals surface area (Å²) < 4.78 is 15.0. The molecule has 1 heterocycles. The van der Waals surface area contributed by atoms with E-state index in [1.54, 1.807) is 0 Å². The lowest BCUT2D eigenvalue weighted by atomic mass is 10.1. The molecule has 0 aromatic heterocycles. The molecule has 1 fully saturated rings. The lowest BCUT2D eigenvalue weighted by Gasteiger charge is -2.38. The maximum atomic E-state index is 14.3. The average molecular weight is 299 g/mol. The predicted octanol–water partition coefficient (Wildman–Crippen LogP) is 3.14. The molecule has 2 aromatic carbocycles. The van der Waals surface area contributed by atoms with E-state index < -0.39 is 6.17 Å². The minimum Gasteiger partial charge on any atom is -0.313 e. The maximum Gasteiger partial charge on any atom is 0.161 e. The van der Waals surface area contributed by atoms with Crippen molar-refractivity contribution in [3.63, 3.8) is 0 Å². The summed E-state index contributed by atoms with van der Waals surface area (Å²) >= 11 is 0. The van der Waals surface area contributed by atoms with Crippen LogP contribution in [0.2, 0.25) is 0 Å². The fraction of sp³-hybridized carbons (Fsp3) is 0.368. The van der Waals surface area contributed by atoms with E-state index in [9.17, 15) is 4.39 Å². The number of hydrogen-bond acceptors (Lipinski definition) is 1. The first-order valence-corrected chi connectivity index (χ1v) is 8.04. The molecule has 1 N–H and O–H groups in total. The highest BCUT2D eigenvalue weighted by molar-refractivity contribution is 5.15. The quantitative estimate of drug-likeness (QED) is 0.855. The Morgan fingerprint density at radius 1 is 0.909 bits per heavy atom. The zero-order valence-electron chi connectivity index (χ0n) is 12.9. The van der Waals surface area contributed by atoms with Crippen LogP contribution in [0.5, 0.6) is 0 Å². The highest BCUT2D eigenvalue weighted by Crippen LogP contribution is 2.22. The van der Waals surface area contributed by atoms with Crippen LogP contribution in [0, 0.1) is 0 Å². The number of nitrogens with one attached hydrogen (secondary N) is 1. The van der Waals surface area contributed by atoms with E-state index in [2.05, 4.69) is 53.8 Å². The van der Waals surface area contributed by atoms with Crippen LogP contribution in [0.4, 0.5) is 4.39 Å². The van der Waals surface area contributed by atoms with Gasteiger partial charge in [0.1, 0.15) is 19.6 Å². The van der Waals surface area contributed by atoms with Crippen LogP contribution in [0.15, 0.2) is 60.7 Å². The minimum atomic E-state index is -0.782. The molecule has 3 rings (SSSR count). The van der Waals surface area contributed by atoms with E-state index in [0.717, 1.165) is 30.7 Å². The molecule has 1 unspecified atom stereocenters.